The molecule has 0 radical (unpaired) electrons. The average Bonchev–Trinajstić information content (AvgIpc) is 3.12. The van der Waals surface area contributed by atoms with E-state index in [-0.39, 0.29) is 22.9 Å². The summed E-state index contributed by atoms with van der Waals surface area (Å²) in [7, 11) is 1.67. The second-order valence-electron chi connectivity index (χ2n) is 6.25. The van der Waals surface area contributed by atoms with Gasteiger partial charge in [0.05, 0.1) is 0 Å². The van der Waals surface area contributed by atoms with Gasteiger partial charge in [0.15, 0.2) is 5.76 Å². The van der Waals surface area contributed by atoms with Crippen LogP contribution in [0.15, 0.2) is 53.2 Å². The molecule has 2 aromatic heterocycles. The van der Waals surface area contributed by atoms with Crippen molar-refractivity contribution in [1.82, 2.24) is 15.0 Å². The van der Waals surface area contributed by atoms with Crippen molar-refractivity contribution in [2.45, 2.75) is 19.4 Å². The lowest BCUT2D eigenvalue weighted by Gasteiger charge is -2.17. The molecule has 0 aliphatic carbocycles. The summed E-state index contributed by atoms with van der Waals surface area (Å²) in [6.07, 6.45) is 1.29. The predicted molar refractivity (Wildman–Crippen MR) is 97.4 cm³/mol. The number of hydrogen-bond acceptors (Lipinski definition) is 5. The fraction of sp³-hybridized carbons (Fsp3) is 0.250. The summed E-state index contributed by atoms with van der Waals surface area (Å²) in [4.78, 5) is 18.8. The van der Waals surface area contributed by atoms with Gasteiger partial charge in [-0.25, -0.2) is 4.39 Å². The van der Waals surface area contributed by atoms with Crippen molar-refractivity contribution < 1.29 is 18.8 Å². The van der Waals surface area contributed by atoms with Crippen LogP contribution in [0, 0.1) is 5.82 Å². The number of carbonyl (C=O) groups is 1. The van der Waals surface area contributed by atoms with Crippen molar-refractivity contribution in [2.24, 2.45) is 0 Å². The normalized spacial score (nSPS) is 12.0. The number of amides is 1. The van der Waals surface area contributed by atoms with Gasteiger partial charge in [0.2, 0.25) is 0 Å². The Morgan fingerprint density at radius 2 is 2.00 bits per heavy atom. The van der Waals surface area contributed by atoms with Gasteiger partial charge >= 0.3 is 0 Å². The van der Waals surface area contributed by atoms with Gasteiger partial charge in [0, 0.05) is 37.5 Å². The van der Waals surface area contributed by atoms with Crippen molar-refractivity contribution in [3.8, 4) is 11.3 Å². The first kappa shape index (κ1) is 18.7. The zero-order chi connectivity index (χ0) is 19.4. The standard InChI is InChI=1S/C20H20FN3O3/c1-13(25)19-17(18(23-27-19)14-6-8-15(21)9-7-14)20(26)24(2)12-10-16-5-3-4-11-22-16/h3-9,11,13,25H,10,12H2,1-2H3/t13-/m0/s1. The molecule has 0 unspecified atom stereocenters. The minimum absolute atomic E-state index is 0.0870. The Bertz CT molecular complexity index is 908. The van der Waals surface area contributed by atoms with Gasteiger partial charge in [0.25, 0.3) is 5.91 Å². The molecule has 1 N–H and O–H groups in total. The molecule has 0 saturated heterocycles. The zero-order valence-electron chi connectivity index (χ0n) is 15.1. The first-order valence-corrected chi connectivity index (χ1v) is 8.56. The maximum absolute atomic E-state index is 13.2. The fourth-order valence-corrected chi connectivity index (χ4v) is 2.72. The summed E-state index contributed by atoms with van der Waals surface area (Å²) < 4.78 is 18.4. The number of nitrogens with zero attached hydrogens (tertiary/aromatic N) is 3. The number of likely N-dealkylation sites (N-methyl/N-ethyl adjacent to an activating group) is 1. The van der Waals surface area contributed by atoms with E-state index in [1.165, 1.54) is 36.1 Å². The highest BCUT2D eigenvalue weighted by Crippen LogP contribution is 2.30. The van der Waals surface area contributed by atoms with Gasteiger partial charge in [-0.2, -0.15) is 0 Å². The van der Waals surface area contributed by atoms with Crippen LogP contribution in [0.1, 0.15) is 34.8 Å². The lowest BCUT2D eigenvalue weighted by Crippen LogP contribution is -2.30. The molecule has 2 heterocycles. The van der Waals surface area contributed by atoms with Crippen LogP contribution in [0.4, 0.5) is 4.39 Å². The molecule has 3 aromatic rings. The fourth-order valence-electron chi connectivity index (χ4n) is 2.72. The van der Waals surface area contributed by atoms with E-state index < -0.39 is 11.9 Å². The van der Waals surface area contributed by atoms with Crippen LogP contribution in [0.2, 0.25) is 0 Å². The maximum Gasteiger partial charge on any atom is 0.259 e. The molecule has 0 saturated carbocycles. The first-order chi connectivity index (χ1) is 13.0. The van der Waals surface area contributed by atoms with E-state index in [2.05, 4.69) is 10.1 Å². The summed E-state index contributed by atoms with van der Waals surface area (Å²) >= 11 is 0. The Hall–Kier alpha value is -3.06. The number of benzene rings is 1. The van der Waals surface area contributed by atoms with Crippen molar-refractivity contribution in [3.05, 3.63) is 71.5 Å². The van der Waals surface area contributed by atoms with Crippen LogP contribution in [-0.2, 0) is 6.42 Å². The van der Waals surface area contributed by atoms with E-state index in [1.54, 1.807) is 13.2 Å². The molecule has 0 fully saturated rings. The summed E-state index contributed by atoms with van der Waals surface area (Å²) in [5, 5.41) is 13.9. The molecule has 0 bridgehead atoms. The van der Waals surface area contributed by atoms with Gasteiger partial charge in [-0.05, 0) is 43.3 Å². The lowest BCUT2D eigenvalue weighted by atomic mass is 10.0. The molecule has 0 spiro atoms. The molecule has 7 heteroatoms. The van der Waals surface area contributed by atoms with E-state index in [0.29, 0.717) is 18.5 Å². The molecule has 0 aliphatic rings. The van der Waals surface area contributed by atoms with Crippen molar-refractivity contribution >= 4 is 5.91 Å². The largest absolute Gasteiger partial charge is 0.385 e. The minimum Gasteiger partial charge on any atom is -0.385 e. The van der Waals surface area contributed by atoms with E-state index in [0.717, 1.165) is 5.69 Å². The highest BCUT2D eigenvalue weighted by atomic mass is 19.1. The van der Waals surface area contributed by atoms with E-state index >= 15 is 0 Å². The second-order valence-corrected chi connectivity index (χ2v) is 6.25. The number of aromatic nitrogens is 2. The Kier molecular flexibility index (Phi) is 5.61. The molecule has 3 rings (SSSR count). The SMILES string of the molecule is C[C@H](O)c1onc(-c2ccc(F)cc2)c1C(=O)N(C)CCc1ccccn1. The van der Waals surface area contributed by atoms with Gasteiger partial charge in [-0.3, -0.25) is 9.78 Å². The first-order valence-electron chi connectivity index (χ1n) is 8.56. The Balaban J connectivity index is 1.88. The van der Waals surface area contributed by atoms with Crippen LogP contribution in [0.3, 0.4) is 0 Å². The van der Waals surface area contributed by atoms with Gasteiger partial charge in [-0.15, -0.1) is 0 Å². The highest BCUT2D eigenvalue weighted by Gasteiger charge is 2.28. The summed E-state index contributed by atoms with van der Waals surface area (Å²) in [5.41, 5.74) is 1.87. The van der Waals surface area contributed by atoms with Crippen LogP contribution < -0.4 is 0 Å². The quantitative estimate of drug-likeness (QED) is 0.722. The molecule has 6 nitrogen and oxygen atoms in total. The summed E-state index contributed by atoms with van der Waals surface area (Å²) in [5.74, 6) is -0.634. The monoisotopic (exact) mass is 369 g/mol. The number of aliphatic hydroxyl groups excluding tert-OH is 1. The predicted octanol–water partition coefficient (Wildman–Crippen LogP) is 3.24. The number of halogens is 1. The molecule has 1 amide bonds. The summed E-state index contributed by atoms with van der Waals surface area (Å²) in [6.45, 7) is 1.93. The van der Waals surface area contributed by atoms with Gasteiger partial charge in [0.1, 0.15) is 23.2 Å². The van der Waals surface area contributed by atoms with Crippen LogP contribution in [0.25, 0.3) is 11.3 Å². The smallest absolute Gasteiger partial charge is 0.259 e. The third kappa shape index (κ3) is 4.20. The molecule has 0 aliphatic heterocycles. The molecule has 27 heavy (non-hydrogen) atoms. The Morgan fingerprint density at radius 1 is 1.26 bits per heavy atom. The van der Waals surface area contributed by atoms with E-state index in [9.17, 15) is 14.3 Å². The minimum atomic E-state index is -1.00. The van der Waals surface area contributed by atoms with Crippen molar-refractivity contribution in [1.29, 1.82) is 0 Å². The average molecular weight is 369 g/mol. The van der Waals surface area contributed by atoms with Gasteiger partial charge < -0.3 is 14.5 Å². The van der Waals surface area contributed by atoms with E-state index in [4.69, 9.17) is 4.52 Å². The molecule has 140 valence electrons. The molecule has 1 atom stereocenters. The molecule has 1 aromatic carbocycles. The number of carbonyl (C=O) groups excluding carboxylic acids is 1. The number of rotatable bonds is 6. The van der Waals surface area contributed by atoms with Crippen LogP contribution in [-0.4, -0.2) is 39.6 Å². The molecular formula is C20H20FN3O3. The van der Waals surface area contributed by atoms with Crippen molar-refractivity contribution in [3.63, 3.8) is 0 Å². The maximum atomic E-state index is 13.2. The number of hydrogen-bond donors (Lipinski definition) is 1. The van der Waals surface area contributed by atoms with E-state index in [1.807, 2.05) is 18.2 Å². The second kappa shape index (κ2) is 8.09. The zero-order valence-corrected chi connectivity index (χ0v) is 15.1. The number of aliphatic hydroxyl groups is 1. The lowest BCUT2D eigenvalue weighted by molar-refractivity contribution is 0.0784. The van der Waals surface area contributed by atoms with Gasteiger partial charge in [-0.1, -0.05) is 11.2 Å². The topological polar surface area (TPSA) is 79.5 Å². The number of pyridine rings is 1. The third-order valence-corrected chi connectivity index (χ3v) is 4.21. The summed E-state index contributed by atoms with van der Waals surface area (Å²) in [6, 6.07) is 11.2. The Morgan fingerprint density at radius 3 is 2.63 bits per heavy atom. The van der Waals surface area contributed by atoms with Crippen LogP contribution >= 0.6 is 0 Å². The highest BCUT2D eigenvalue weighted by molar-refractivity contribution is 6.00. The van der Waals surface area contributed by atoms with Crippen molar-refractivity contribution in [2.75, 3.05) is 13.6 Å². The Labute approximate surface area is 156 Å². The van der Waals surface area contributed by atoms with Crippen LogP contribution in [0.5, 0.6) is 0 Å². The molecular weight excluding hydrogens is 349 g/mol. The third-order valence-electron chi connectivity index (χ3n) is 4.21.